The smallest absolute Gasteiger partial charge is 0.337 e. The van der Waals surface area contributed by atoms with Gasteiger partial charge in [0.2, 0.25) is 0 Å². The van der Waals surface area contributed by atoms with Crippen molar-refractivity contribution in [2.75, 3.05) is 13.1 Å². The summed E-state index contributed by atoms with van der Waals surface area (Å²) < 4.78 is 26.2. The fourth-order valence-corrected chi connectivity index (χ4v) is 3.48. The number of rotatable bonds is 3. The number of pyridine rings is 1. The summed E-state index contributed by atoms with van der Waals surface area (Å²) in [5.41, 5.74) is 0.135. The summed E-state index contributed by atoms with van der Waals surface area (Å²) in [5, 5.41) is 8.69. The fourth-order valence-electron chi connectivity index (χ4n) is 2.12. The maximum absolute atomic E-state index is 12.4. The number of piperidine rings is 1. The van der Waals surface area contributed by atoms with E-state index in [2.05, 4.69) is 18.8 Å². The summed E-state index contributed by atoms with van der Waals surface area (Å²) in [6, 6.07) is 2.51. The lowest BCUT2D eigenvalue weighted by Crippen LogP contribution is -2.41. The summed E-state index contributed by atoms with van der Waals surface area (Å²) in [7, 11) is -3.63. The van der Waals surface area contributed by atoms with Crippen LogP contribution in [0.25, 0.3) is 0 Å². The largest absolute Gasteiger partial charge is 0.478 e. The van der Waals surface area contributed by atoms with Gasteiger partial charge in [0.05, 0.1) is 5.56 Å². The molecule has 110 valence electrons. The molecule has 1 aromatic rings. The molecule has 1 aliphatic rings. The van der Waals surface area contributed by atoms with E-state index >= 15 is 0 Å². The molecule has 0 radical (unpaired) electrons. The predicted molar refractivity (Wildman–Crippen MR) is 73.0 cm³/mol. The lowest BCUT2D eigenvalue weighted by molar-refractivity contribution is 0.0696. The van der Waals surface area contributed by atoms with E-state index < -0.39 is 16.0 Å². The predicted octanol–water partition coefficient (Wildman–Crippen LogP) is 1.59. The van der Waals surface area contributed by atoms with Crippen molar-refractivity contribution in [3.05, 3.63) is 23.9 Å². The van der Waals surface area contributed by atoms with E-state index in [-0.39, 0.29) is 16.0 Å². The Balaban J connectivity index is 2.20. The molecule has 1 aliphatic heterocycles. The Hall–Kier alpha value is -1.47. The number of hydrogen-bond donors (Lipinski definition) is 1. The molecule has 6 nitrogen and oxygen atoms in total. The van der Waals surface area contributed by atoms with Gasteiger partial charge in [-0.3, -0.25) is 0 Å². The quantitative estimate of drug-likeness (QED) is 0.915. The summed E-state index contributed by atoms with van der Waals surface area (Å²) in [6.07, 6.45) is 2.68. The van der Waals surface area contributed by atoms with Crippen molar-refractivity contribution in [1.29, 1.82) is 0 Å². The molecular formula is C13H18N2O4S. The molecule has 1 aromatic heterocycles. The third kappa shape index (κ3) is 2.99. The Bertz CT molecular complexity index is 598. The molecule has 1 fully saturated rings. The van der Waals surface area contributed by atoms with Crippen LogP contribution in [0.1, 0.15) is 37.0 Å². The number of carboxylic acids is 1. The second-order valence-corrected chi connectivity index (χ2v) is 7.64. The first kappa shape index (κ1) is 14.9. The van der Waals surface area contributed by atoms with Gasteiger partial charge in [-0.05, 0) is 30.4 Å². The Morgan fingerprint density at radius 3 is 2.35 bits per heavy atom. The lowest BCUT2D eigenvalue weighted by Gasteiger charge is -2.35. The molecule has 20 heavy (non-hydrogen) atoms. The van der Waals surface area contributed by atoms with Crippen LogP contribution < -0.4 is 0 Å². The number of sulfonamides is 1. The van der Waals surface area contributed by atoms with Gasteiger partial charge in [-0.25, -0.2) is 18.2 Å². The van der Waals surface area contributed by atoms with E-state index in [1.807, 2.05) is 0 Å². The number of nitrogens with zero attached hydrogens (tertiary/aromatic N) is 2. The highest BCUT2D eigenvalue weighted by atomic mass is 32.2. The number of aromatic nitrogens is 1. The van der Waals surface area contributed by atoms with Crippen molar-refractivity contribution in [3.63, 3.8) is 0 Å². The van der Waals surface area contributed by atoms with Crippen molar-refractivity contribution in [2.45, 2.75) is 31.7 Å². The Morgan fingerprint density at radius 1 is 1.30 bits per heavy atom. The first-order chi connectivity index (χ1) is 9.22. The molecule has 0 aromatic carbocycles. The normalized spacial score (nSPS) is 19.7. The molecule has 1 N–H and O–H groups in total. The van der Waals surface area contributed by atoms with Crippen LogP contribution in [0.4, 0.5) is 0 Å². The Kier molecular flexibility index (Phi) is 3.84. The summed E-state index contributed by atoms with van der Waals surface area (Å²) in [5.74, 6) is -1.12. The van der Waals surface area contributed by atoms with Crippen LogP contribution >= 0.6 is 0 Å². The van der Waals surface area contributed by atoms with Gasteiger partial charge in [-0.1, -0.05) is 13.8 Å². The van der Waals surface area contributed by atoms with Crippen molar-refractivity contribution in [1.82, 2.24) is 9.29 Å². The number of carbonyl (C=O) groups is 1. The zero-order chi connectivity index (χ0) is 15.0. The van der Waals surface area contributed by atoms with Crippen LogP contribution in [-0.2, 0) is 10.0 Å². The molecule has 0 amide bonds. The van der Waals surface area contributed by atoms with Crippen LogP contribution in [0.2, 0.25) is 0 Å². The van der Waals surface area contributed by atoms with Crippen molar-refractivity contribution >= 4 is 16.0 Å². The minimum atomic E-state index is -3.63. The molecule has 0 spiro atoms. The summed E-state index contributed by atoms with van der Waals surface area (Å²) in [4.78, 5) is 14.5. The van der Waals surface area contributed by atoms with E-state index in [0.717, 1.165) is 19.0 Å². The van der Waals surface area contributed by atoms with E-state index in [0.29, 0.717) is 13.1 Å². The molecule has 0 bridgehead atoms. The highest BCUT2D eigenvalue weighted by Crippen LogP contribution is 2.31. The second kappa shape index (κ2) is 5.14. The van der Waals surface area contributed by atoms with Gasteiger partial charge >= 0.3 is 5.97 Å². The first-order valence-corrected chi connectivity index (χ1v) is 7.86. The zero-order valence-corrected chi connectivity index (χ0v) is 12.4. The Labute approximate surface area is 118 Å². The van der Waals surface area contributed by atoms with Gasteiger partial charge in [-0.2, -0.15) is 4.31 Å². The van der Waals surface area contributed by atoms with Crippen LogP contribution in [-0.4, -0.2) is 41.9 Å². The van der Waals surface area contributed by atoms with E-state index in [1.165, 1.54) is 16.4 Å². The molecule has 2 heterocycles. The van der Waals surface area contributed by atoms with E-state index in [9.17, 15) is 13.2 Å². The monoisotopic (exact) mass is 298 g/mol. The van der Waals surface area contributed by atoms with Crippen LogP contribution in [0, 0.1) is 5.41 Å². The maximum Gasteiger partial charge on any atom is 0.337 e. The maximum atomic E-state index is 12.4. The van der Waals surface area contributed by atoms with Crippen molar-refractivity contribution in [2.24, 2.45) is 5.41 Å². The molecule has 0 aliphatic carbocycles. The average Bonchev–Trinajstić information content (AvgIpc) is 2.38. The topological polar surface area (TPSA) is 87.6 Å². The Morgan fingerprint density at radius 2 is 1.90 bits per heavy atom. The summed E-state index contributed by atoms with van der Waals surface area (Å²) in [6.45, 7) is 5.18. The standard InChI is InChI=1S/C13H18N2O4S/c1-13(2)5-7-15(8-6-13)20(18,19)11-4-3-10(9-14-11)12(16)17/h3-4,9H,5-8H2,1-2H3,(H,16,17). The molecule has 1 saturated heterocycles. The molecule has 7 heteroatoms. The SMILES string of the molecule is CC1(C)CCN(S(=O)(=O)c2ccc(C(=O)O)cn2)CC1. The minimum Gasteiger partial charge on any atom is -0.478 e. The zero-order valence-electron chi connectivity index (χ0n) is 11.5. The van der Waals surface area contributed by atoms with Crippen LogP contribution in [0.5, 0.6) is 0 Å². The lowest BCUT2D eigenvalue weighted by atomic mass is 9.83. The fraction of sp³-hybridized carbons (Fsp3) is 0.538. The highest BCUT2D eigenvalue weighted by Gasteiger charge is 2.33. The number of carboxylic acid groups (broad SMARTS) is 1. The molecule has 0 atom stereocenters. The van der Waals surface area contributed by atoms with Gasteiger partial charge < -0.3 is 5.11 Å². The molecule has 2 rings (SSSR count). The molecule has 0 unspecified atom stereocenters. The highest BCUT2D eigenvalue weighted by molar-refractivity contribution is 7.89. The van der Waals surface area contributed by atoms with Gasteiger partial charge in [0, 0.05) is 19.3 Å². The van der Waals surface area contributed by atoms with E-state index in [4.69, 9.17) is 5.11 Å². The van der Waals surface area contributed by atoms with Crippen molar-refractivity contribution in [3.8, 4) is 0 Å². The van der Waals surface area contributed by atoms with Crippen LogP contribution in [0.3, 0.4) is 0 Å². The van der Waals surface area contributed by atoms with Gasteiger partial charge in [-0.15, -0.1) is 0 Å². The van der Waals surface area contributed by atoms with Gasteiger partial charge in [0.1, 0.15) is 0 Å². The van der Waals surface area contributed by atoms with E-state index in [1.54, 1.807) is 0 Å². The van der Waals surface area contributed by atoms with Gasteiger partial charge in [0.25, 0.3) is 10.0 Å². The average molecular weight is 298 g/mol. The number of hydrogen-bond acceptors (Lipinski definition) is 4. The third-order valence-corrected chi connectivity index (χ3v) is 5.48. The second-order valence-electron chi connectivity index (χ2n) is 5.76. The third-order valence-electron chi connectivity index (χ3n) is 3.66. The van der Waals surface area contributed by atoms with Crippen LogP contribution in [0.15, 0.2) is 23.4 Å². The molecule has 0 saturated carbocycles. The first-order valence-electron chi connectivity index (χ1n) is 6.42. The number of aromatic carboxylic acids is 1. The van der Waals surface area contributed by atoms with Crippen molar-refractivity contribution < 1.29 is 18.3 Å². The molecular weight excluding hydrogens is 280 g/mol. The van der Waals surface area contributed by atoms with Gasteiger partial charge in [0.15, 0.2) is 5.03 Å². The summed E-state index contributed by atoms with van der Waals surface area (Å²) >= 11 is 0. The minimum absolute atomic E-state index is 0.0243.